The molecule has 0 atom stereocenters. The standard InChI is InChI=1S/C10H11ClN2O.ClH/c11-8-1-3-9(4-2-8)14-7-10-12-5-6-13-10;/h1-4H,5-7H2,(H,12,13);1H. The molecule has 0 fully saturated rings. The van der Waals surface area contributed by atoms with E-state index in [-0.39, 0.29) is 12.4 Å². The molecule has 0 amide bonds. The zero-order chi connectivity index (χ0) is 9.80. The molecule has 0 unspecified atom stereocenters. The van der Waals surface area contributed by atoms with Crippen LogP contribution in [-0.4, -0.2) is 25.5 Å². The van der Waals surface area contributed by atoms with E-state index in [0.29, 0.717) is 11.6 Å². The van der Waals surface area contributed by atoms with Gasteiger partial charge < -0.3 is 10.1 Å². The SMILES string of the molecule is Cl.Clc1ccc(OCC2=NCCN2)cc1. The molecule has 0 aromatic heterocycles. The first-order valence-corrected chi connectivity index (χ1v) is 4.88. The third-order valence-electron chi connectivity index (χ3n) is 1.93. The van der Waals surface area contributed by atoms with E-state index in [1.807, 2.05) is 12.1 Å². The molecule has 82 valence electrons. The quantitative estimate of drug-likeness (QED) is 0.887. The molecule has 5 heteroatoms. The van der Waals surface area contributed by atoms with Crippen LogP contribution in [0.15, 0.2) is 29.3 Å². The Balaban J connectivity index is 0.00000112. The van der Waals surface area contributed by atoms with E-state index in [4.69, 9.17) is 16.3 Å². The molecule has 15 heavy (non-hydrogen) atoms. The first-order chi connectivity index (χ1) is 6.84. The Morgan fingerprint density at radius 1 is 1.33 bits per heavy atom. The second kappa shape index (κ2) is 5.83. The highest BCUT2D eigenvalue weighted by Gasteiger charge is 2.04. The number of hydrogen-bond donors (Lipinski definition) is 1. The molecule has 0 radical (unpaired) electrons. The lowest BCUT2D eigenvalue weighted by atomic mass is 10.3. The van der Waals surface area contributed by atoms with Crippen LogP contribution in [0.4, 0.5) is 0 Å². The summed E-state index contributed by atoms with van der Waals surface area (Å²) >= 11 is 5.75. The van der Waals surface area contributed by atoms with Crippen molar-refractivity contribution in [3.8, 4) is 5.75 Å². The smallest absolute Gasteiger partial charge is 0.145 e. The van der Waals surface area contributed by atoms with Crippen LogP contribution in [0, 0.1) is 0 Å². The molecule has 1 heterocycles. The van der Waals surface area contributed by atoms with Crippen molar-refractivity contribution in [1.29, 1.82) is 0 Å². The van der Waals surface area contributed by atoms with Gasteiger partial charge in [-0.15, -0.1) is 12.4 Å². The van der Waals surface area contributed by atoms with Crippen LogP contribution < -0.4 is 10.1 Å². The van der Waals surface area contributed by atoms with Gasteiger partial charge in [-0.1, -0.05) is 11.6 Å². The molecule has 3 nitrogen and oxygen atoms in total. The number of halogens is 2. The van der Waals surface area contributed by atoms with Gasteiger partial charge in [-0.3, -0.25) is 4.99 Å². The Kier molecular flexibility index (Phi) is 4.72. The van der Waals surface area contributed by atoms with E-state index >= 15 is 0 Å². The molecule has 0 saturated carbocycles. The average molecular weight is 247 g/mol. The van der Waals surface area contributed by atoms with Crippen molar-refractivity contribution in [2.24, 2.45) is 4.99 Å². The Morgan fingerprint density at radius 3 is 2.67 bits per heavy atom. The number of nitrogens with zero attached hydrogens (tertiary/aromatic N) is 1. The van der Waals surface area contributed by atoms with Gasteiger partial charge in [0.15, 0.2) is 0 Å². The van der Waals surface area contributed by atoms with E-state index in [9.17, 15) is 0 Å². The number of ether oxygens (including phenoxy) is 1. The highest BCUT2D eigenvalue weighted by molar-refractivity contribution is 6.30. The zero-order valence-electron chi connectivity index (χ0n) is 8.07. The van der Waals surface area contributed by atoms with Crippen LogP contribution in [0.1, 0.15) is 0 Å². The van der Waals surface area contributed by atoms with E-state index in [1.54, 1.807) is 12.1 Å². The van der Waals surface area contributed by atoms with Crippen LogP contribution in [0.3, 0.4) is 0 Å². The van der Waals surface area contributed by atoms with Gasteiger partial charge in [0.1, 0.15) is 18.2 Å². The Morgan fingerprint density at radius 2 is 2.07 bits per heavy atom. The number of amidine groups is 1. The molecule has 1 aliphatic rings. The summed E-state index contributed by atoms with van der Waals surface area (Å²) in [6.07, 6.45) is 0. The molecule has 0 aliphatic carbocycles. The number of rotatable bonds is 3. The topological polar surface area (TPSA) is 33.6 Å². The lowest BCUT2D eigenvalue weighted by Crippen LogP contribution is -2.24. The van der Waals surface area contributed by atoms with Gasteiger partial charge in [-0.25, -0.2) is 0 Å². The Bertz CT molecular complexity index is 338. The van der Waals surface area contributed by atoms with Crippen molar-refractivity contribution in [2.75, 3.05) is 19.7 Å². The van der Waals surface area contributed by atoms with Crippen molar-refractivity contribution in [3.63, 3.8) is 0 Å². The van der Waals surface area contributed by atoms with Crippen LogP contribution >= 0.6 is 24.0 Å². The minimum Gasteiger partial charge on any atom is -0.486 e. The summed E-state index contributed by atoms with van der Waals surface area (Å²) < 4.78 is 5.49. The second-order valence-electron chi connectivity index (χ2n) is 3.00. The largest absolute Gasteiger partial charge is 0.486 e. The van der Waals surface area contributed by atoms with Crippen LogP contribution in [-0.2, 0) is 0 Å². The summed E-state index contributed by atoms with van der Waals surface area (Å²) in [7, 11) is 0. The summed E-state index contributed by atoms with van der Waals surface area (Å²) in [6.45, 7) is 2.26. The predicted molar refractivity (Wildman–Crippen MR) is 64.5 cm³/mol. The molecule has 1 N–H and O–H groups in total. The fourth-order valence-electron chi connectivity index (χ4n) is 1.23. The van der Waals surface area contributed by atoms with E-state index < -0.39 is 0 Å². The highest BCUT2D eigenvalue weighted by Crippen LogP contribution is 2.15. The molecule has 0 bridgehead atoms. The fourth-order valence-corrected chi connectivity index (χ4v) is 1.35. The molecule has 1 aromatic rings. The van der Waals surface area contributed by atoms with Gasteiger partial charge >= 0.3 is 0 Å². The number of benzene rings is 1. The molecule has 2 rings (SSSR count). The van der Waals surface area contributed by atoms with Crippen molar-refractivity contribution in [3.05, 3.63) is 29.3 Å². The van der Waals surface area contributed by atoms with Crippen molar-refractivity contribution in [2.45, 2.75) is 0 Å². The minimum atomic E-state index is 0. The first kappa shape index (κ1) is 12.1. The monoisotopic (exact) mass is 246 g/mol. The van der Waals surface area contributed by atoms with Gasteiger partial charge in [-0.2, -0.15) is 0 Å². The van der Waals surface area contributed by atoms with E-state index in [2.05, 4.69) is 10.3 Å². The first-order valence-electron chi connectivity index (χ1n) is 4.50. The maximum atomic E-state index is 5.75. The lowest BCUT2D eigenvalue weighted by Gasteiger charge is -2.05. The van der Waals surface area contributed by atoms with Gasteiger partial charge in [0.05, 0.1) is 6.54 Å². The molecule has 0 saturated heterocycles. The third-order valence-corrected chi connectivity index (χ3v) is 2.18. The average Bonchev–Trinajstić information content (AvgIpc) is 2.70. The fraction of sp³-hybridized carbons (Fsp3) is 0.300. The van der Waals surface area contributed by atoms with E-state index in [1.165, 1.54) is 0 Å². The molecular weight excluding hydrogens is 235 g/mol. The summed E-state index contributed by atoms with van der Waals surface area (Å²) in [6, 6.07) is 7.30. The maximum absolute atomic E-state index is 5.75. The predicted octanol–water partition coefficient (Wildman–Crippen LogP) is 2.14. The van der Waals surface area contributed by atoms with Gasteiger partial charge in [0.25, 0.3) is 0 Å². The number of hydrogen-bond acceptors (Lipinski definition) is 3. The summed E-state index contributed by atoms with van der Waals surface area (Å²) in [5.74, 6) is 1.73. The summed E-state index contributed by atoms with van der Waals surface area (Å²) in [5.41, 5.74) is 0. The van der Waals surface area contributed by atoms with Crippen LogP contribution in [0.2, 0.25) is 5.02 Å². The van der Waals surface area contributed by atoms with E-state index in [0.717, 1.165) is 24.7 Å². The zero-order valence-corrected chi connectivity index (χ0v) is 9.64. The normalized spacial score (nSPS) is 13.8. The molecular formula is C10H12Cl2N2O. The summed E-state index contributed by atoms with van der Waals surface area (Å²) in [5, 5.41) is 3.85. The maximum Gasteiger partial charge on any atom is 0.145 e. The summed E-state index contributed by atoms with van der Waals surface area (Å²) in [4.78, 5) is 4.22. The Hall–Kier alpha value is -0.930. The van der Waals surface area contributed by atoms with Crippen molar-refractivity contribution >= 4 is 29.8 Å². The third kappa shape index (κ3) is 3.61. The molecule has 0 spiro atoms. The second-order valence-corrected chi connectivity index (χ2v) is 3.43. The molecule has 1 aliphatic heterocycles. The van der Waals surface area contributed by atoms with Crippen molar-refractivity contribution in [1.82, 2.24) is 5.32 Å². The van der Waals surface area contributed by atoms with Crippen molar-refractivity contribution < 1.29 is 4.74 Å². The van der Waals surface area contributed by atoms with Crippen LogP contribution in [0.5, 0.6) is 5.75 Å². The number of aliphatic imine (C=N–C) groups is 1. The van der Waals surface area contributed by atoms with Gasteiger partial charge in [0.2, 0.25) is 0 Å². The lowest BCUT2D eigenvalue weighted by molar-refractivity contribution is 0.373. The number of nitrogens with one attached hydrogen (secondary N) is 1. The van der Waals surface area contributed by atoms with Crippen LogP contribution in [0.25, 0.3) is 0 Å². The minimum absolute atomic E-state index is 0. The van der Waals surface area contributed by atoms with Gasteiger partial charge in [-0.05, 0) is 24.3 Å². The molecule has 1 aromatic carbocycles. The van der Waals surface area contributed by atoms with Gasteiger partial charge in [0, 0.05) is 11.6 Å². The highest BCUT2D eigenvalue weighted by atomic mass is 35.5. The Labute approximate surface area is 99.9 Å².